The predicted octanol–water partition coefficient (Wildman–Crippen LogP) is 4.12. The first-order valence-electron chi connectivity index (χ1n) is 6.13. The molecule has 0 aliphatic rings. The van der Waals surface area contributed by atoms with E-state index in [0.29, 0.717) is 0 Å². The van der Waals surface area contributed by atoms with Crippen molar-refractivity contribution in [3.63, 3.8) is 0 Å². The van der Waals surface area contributed by atoms with E-state index < -0.39 is 0 Å². The molecule has 0 unspecified atom stereocenters. The maximum atomic E-state index is 5.02. The van der Waals surface area contributed by atoms with Crippen LogP contribution < -0.4 is 9.47 Å². The minimum atomic E-state index is 0.901. The van der Waals surface area contributed by atoms with E-state index in [2.05, 4.69) is 6.58 Å². The normalized spacial score (nSPS) is 8.95. The standard InChI is InChI=1S/C10H12O.C7H8O/c1-3-4-9-5-7-10(11-2)8-6-9;1-8-7-5-3-2-4-6-7/h3,5-8H,1,4H2,2H3;2-6H,1H3. The fourth-order valence-corrected chi connectivity index (χ4v) is 1.48. The number of hydrogen-bond donors (Lipinski definition) is 0. The van der Waals surface area contributed by atoms with Gasteiger partial charge in [0.2, 0.25) is 0 Å². The van der Waals surface area contributed by atoms with Gasteiger partial charge in [-0.05, 0) is 36.2 Å². The van der Waals surface area contributed by atoms with Gasteiger partial charge < -0.3 is 9.47 Å². The summed E-state index contributed by atoms with van der Waals surface area (Å²) in [5.74, 6) is 1.81. The van der Waals surface area contributed by atoms with E-state index in [9.17, 15) is 0 Å². The molecule has 2 heteroatoms. The van der Waals surface area contributed by atoms with Gasteiger partial charge in [0.25, 0.3) is 0 Å². The van der Waals surface area contributed by atoms with Crippen molar-refractivity contribution >= 4 is 0 Å². The number of ether oxygens (including phenoxy) is 2. The van der Waals surface area contributed by atoms with Crippen LogP contribution in [-0.2, 0) is 6.42 Å². The van der Waals surface area contributed by atoms with E-state index in [-0.39, 0.29) is 0 Å². The highest BCUT2D eigenvalue weighted by molar-refractivity contribution is 5.28. The molecule has 19 heavy (non-hydrogen) atoms. The van der Waals surface area contributed by atoms with Crippen LogP contribution in [0.15, 0.2) is 67.3 Å². The monoisotopic (exact) mass is 256 g/mol. The Morgan fingerprint density at radius 1 is 0.842 bits per heavy atom. The van der Waals surface area contributed by atoms with Crippen molar-refractivity contribution < 1.29 is 9.47 Å². The van der Waals surface area contributed by atoms with Gasteiger partial charge in [-0.2, -0.15) is 0 Å². The molecule has 0 heterocycles. The van der Waals surface area contributed by atoms with Gasteiger partial charge in [-0.15, -0.1) is 6.58 Å². The molecule has 0 aliphatic heterocycles. The highest BCUT2D eigenvalue weighted by Gasteiger charge is 1.90. The summed E-state index contributed by atoms with van der Waals surface area (Å²) in [4.78, 5) is 0. The molecule has 0 N–H and O–H groups in total. The largest absolute Gasteiger partial charge is 0.497 e. The van der Waals surface area contributed by atoms with Crippen molar-refractivity contribution in [2.24, 2.45) is 0 Å². The second-order valence-electron chi connectivity index (χ2n) is 3.86. The molecule has 0 atom stereocenters. The Morgan fingerprint density at radius 2 is 1.37 bits per heavy atom. The highest BCUT2D eigenvalue weighted by Crippen LogP contribution is 2.11. The Balaban J connectivity index is 0.000000200. The Labute approximate surface area is 115 Å². The number of rotatable bonds is 4. The first-order valence-corrected chi connectivity index (χ1v) is 6.13. The molecule has 2 aromatic rings. The third-order valence-corrected chi connectivity index (χ3v) is 2.52. The van der Waals surface area contributed by atoms with Crippen molar-refractivity contribution in [2.45, 2.75) is 6.42 Å². The lowest BCUT2D eigenvalue weighted by Gasteiger charge is -1.99. The molecule has 0 saturated carbocycles. The summed E-state index contributed by atoms with van der Waals surface area (Å²) < 4.78 is 9.94. The average Bonchev–Trinajstić information content (AvgIpc) is 2.50. The molecule has 0 fully saturated rings. The smallest absolute Gasteiger partial charge is 0.118 e. The third kappa shape index (κ3) is 5.77. The zero-order valence-corrected chi connectivity index (χ0v) is 11.5. The Hall–Kier alpha value is -2.22. The minimum absolute atomic E-state index is 0.901. The lowest BCUT2D eigenvalue weighted by atomic mass is 10.1. The zero-order chi connectivity index (χ0) is 13.9. The maximum Gasteiger partial charge on any atom is 0.118 e. The molecule has 2 aromatic carbocycles. The Morgan fingerprint density at radius 3 is 1.79 bits per heavy atom. The molecule has 100 valence electrons. The van der Waals surface area contributed by atoms with E-state index in [1.807, 2.05) is 60.7 Å². The molecular weight excluding hydrogens is 236 g/mol. The maximum absolute atomic E-state index is 5.02. The molecule has 0 radical (unpaired) electrons. The molecule has 0 saturated heterocycles. The lowest BCUT2D eigenvalue weighted by molar-refractivity contribution is 0.414. The Kier molecular flexibility index (Phi) is 6.88. The van der Waals surface area contributed by atoms with Gasteiger partial charge in [0, 0.05) is 0 Å². The van der Waals surface area contributed by atoms with Crippen molar-refractivity contribution in [1.82, 2.24) is 0 Å². The van der Waals surface area contributed by atoms with Crippen LogP contribution in [-0.4, -0.2) is 14.2 Å². The summed E-state index contributed by atoms with van der Waals surface area (Å²) >= 11 is 0. The van der Waals surface area contributed by atoms with Crippen LogP contribution in [0.1, 0.15) is 5.56 Å². The quantitative estimate of drug-likeness (QED) is 0.766. The van der Waals surface area contributed by atoms with Gasteiger partial charge in [-0.25, -0.2) is 0 Å². The van der Waals surface area contributed by atoms with Crippen molar-refractivity contribution in [1.29, 1.82) is 0 Å². The first kappa shape index (κ1) is 14.8. The number of allylic oxidation sites excluding steroid dienone is 1. The first-order chi connectivity index (χ1) is 9.30. The van der Waals surface area contributed by atoms with Crippen molar-refractivity contribution in [2.75, 3.05) is 14.2 Å². The minimum Gasteiger partial charge on any atom is -0.497 e. The van der Waals surface area contributed by atoms with Gasteiger partial charge in [0.15, 0.2) is 0 Å². The van der Waals surface area contributed by atoms with Crippen LogP contribution >= 0.6 is 0 Å². The molecule has 0 spiro atoms. The van der Waals surface area contributed by atoms with E-state index in [1.54, 1.807) is 14.2 Å². The summed E-state index contributed by atoms with van der Waals surface area (Å²) in [5.41, 5.74) is 1.26. The van der Waals surface area contributed by atoms with Gasteiger partial charge in [0.05, 0.1) is 14.2 Å². The molecular formula is C17H20O2. The summed E-state index contributed by atoms with van der Waals surface area (Å²) in [7, 11) is 3.33. The van der Waals surface area contributed by atoms with Gasteiger partial charge in [-0.3, -0.25) is 0 Å². The molecule has 0 aliphatic carbocycles. The third-order valence-electron chi connectivity index (χ3n) is 2.52. The van der Waals surface area contributed by atoms with E-state index in [0.717, 1.165) is 17.9 Å². The molecule has 0 bridgehead atoms. The lowest BCUT2D eigenvalue weighted by Crippen LogP contribution is -1.83. The summed E-state index contributed by atoms with van der Waals surface area (Å²) in [6.45, 7) is 3.67. The van der Waals surface area contributed by atoms with Gasteiger partial charge in [0.1, 0.15) is 11.5 Å². The predicted molar refractivity (Wildman–Crippen MR) is 79.9 cm³/mol. The fraction of sp³-hybridized carbons (Fsp3) is 0.176. The van der Waals surface area contributed by atoms with E-state index >= 15 is 0 Å². The summed E-state index contributed by atoms with van der Waals surface area (Å²) in [6, 6.07) is 17.7. The van der Waals surface area contributed by atoms with E-state index in [1.165, 1.54) is 5.56 Å². The molecule has 2 rings (SSSR count). The number of hydrogen-bond acceptors (Lipinski definition) is 2. The van der Waals surface area contributed by atoms with Gasteiger partial charge >= 0.3 is 0 Å². The van der Waals surface area contributed by atoms with Crippen LogP contribution in [0.5, 0.6) is 11.5 Å². The average molecular weight is 256 g/mol. The summed E-state index contributed by atoms with van der Waals surface area (Å²) in [5, 5.41) is 0. The second-order valence-corrected chi connectivity index (χ2v) is 3.86. The van der Waals surface area contributed by atoms with Crippen molar-refractivity contribution in [3.8, 4) is 11.5 Å². The highest BCUT2D eigenvalue weighted by atomic mass is 16.5. The fourth-order valence-electron chi connectivity index (χ4n) is 1.48. The van der Waals surface area contributed by atoms with Crippen LogP contribution in [0.4, 0.5) is 0 Å². The van der Waals surface area contributed by atoms with E-state index in [4.69, 9.17) is 9.47 Å². The van der Waals surface area contributed by atoms with Crippen LogP contribution in [0, 0.1) is 0 Å². The zero-order valence-electron chi connectivity index (χ0n) is 11.5. The Bertz CT molecular complexity index is 460. The second kappa shape index (κ2) is 8.81. The van der Waals surface area contributed by atoms with Crippen molar-refractivity contribution in [3.05, 3.63) is 72.8 Å². The topological polar surface area (TPSA) is 18.5 Å². The van der Waals surface area contributed by atoms with Gasteiger partial charge in [-0.1, -0.05) is 36.4 Å². The molecule has 0 aromatic heterocycles. The molecule has 2 nitrogen and oxygen atoms in total. The number of para-hydroxylation sites is 1. The molecule has 0 amide bonds. The number of methoxy groups -OCH3 is 2. The van der Waals surface area contributed by atoms with Crippen LogP contribution in [0.2, 0.25) is 0 Å². The van der Waals surface area contributed by atoms with Crippen LogP contribution in [0.25, 0.3) is 0 Å². The number of benzene rings is 2. The summed E-state index contributed by atoms with van der Waals surface area (Å²) in [6.07, 6.45) is 2.81. The SMILES string of the molecule is C=CCc1ccc(OC)cc1.COc1ccccc1. The van der Waals surface area contributed by atoms with Crippen LogP contribution in [0.3, 0.4) is 0 Å².